The Morgan fingerprint density at radius 3 is 2.67 bits per heavy atom. The highest BCUT2D eigenvalue weighted by Crippen LogP contribution is 2.25. The zero-order valence-corrected chi connectivity index (χ0v) is 10.2. The van der Waals surface area contributed by atoms with Crippen molar-refractivity contribution in [3.8, 4) is 0 Å². The van der Waals surface area contributed by atoms with Gasteiger partial charge in [0.15, 0.2) is 0 Å². The number of halogens is 1. The molecule has 0 heterocycles. The maximum absolute atomic E-state index is 11.3. The van der Waals surface area contributed by atoms with Crippen LogP contribution < -0.4 is 5.32 Å². The fourth-order valence-electron chi connectivity index (χ4n) is 1.16. The minimum absolute atomic E-state index is 0.0830. The van der Waals surface area contributed by atoms with E-state index >= 15 is 0 Å². The van der Waals surface area contributed by atoms with Gasteiger partial charge in [-0.1, -0.05) is 12.1 Å². The number of hydrogen-bond acceptors (Lipinski definition) is 2. The lowest BCUT2D eigenvalue weighted by molar-refractivity contribution is -0.124. The molecule has 0 aliphatic rings. The van der Waals surface area contributed by atoms with Crippen molar-refractivity contribution in [1.29, 1.82) is 0 Å². The zero-order chi connectivity index (χ0) is 11.4. The first-order valence-electron chi connectivity index (χ1n) is 4.55. The fourth-order valence-corrected chi connectivity index (χ4v) is 1.53. The Kier molecular flexibility index (Phi) is 4.03. The summed E-state index contributed by atoms with van der Waals surface area (Å²) in [6.07, 6.45) is -0.0830. The Morgan fingerprint density at radius 1 is 1.40 bits per heavy atom. The summed E-state index contributed by atoms with van der Waals surface area (Å²) >= 11 is 3.38. The number of benzene rings is 1. The topological polar surface area (TPSA) is 46.2 Å². The SMILES string of the molecule is CC(=O)CC(=O)Nc1cccc(C)c1Br. The molecule has 0 aliphatic heterocycles. The van der Waals surface area contributed by atoms with Gasteiger partial charge in [0.2, 0.25) is 5.91 Å². The fraction of sp³-hybridized carbons (Fsp3) is 0.273. The highest BCUT2D eigenvalue weighted by molar-refractivity contribution is 9.10. The highest BCUT2D eigenvalue weighted by Gasteiger charge is 2.08. The van der Waals surface area contributed by atoms with Gasteiger partial charge in [0.05, 0.1) is 12.1 Å². The predicted octanol–water partition coefficient (Wildman–Crippen LogP) is 2.68. The number of anilines is 1. The Hall–Kier alpha value is -1.16. The number of ketones is 1. The number of carbonyl (C=O) groups is 2. The lowest BCUT2D eigenvalue weighted by Gasteiger charge is -2.07. The van der Waals surface area contributed by atoms with Gasteiger partial charge < -0.3 is 5.32 Å². The van der Waals surface area contributed by atoms with Crippen molar-refractivity contribution in [3.05, 3.63) is 28.2 Å². The second kappa shape index (κ2) is 5.07. The van der Waals surface area contributed by atoms with Crippen molar-refractivity contribution in [2.24, 2.45) is 0 Å². The average molecular weight is 270 g/mol. The van der Waals surface area contributed by atoms with Crippen LogP contribution in [0.1, 0.15) is 18.9 Å². The number of aryl methyl sites for hydroxylation is 1. The summed E-state index contributed by atoms with van der Waals surface area (Å²) < 4.78 is 0.849. The molecule has 0 bridgehead atoms. The molecule has 0 unspecified atom stereocenters. The Bertz CT molecular complexity index is 402. The molecule has 80 valence electrons. The van der Waals surface area contributed by atoms with Crippen LogP contribution >= 0.6 is 15.9 Å². The predicted molar refractivity (Wildman–Crippen MR) is 62.8 cm³/mol. The van der Waals surface area contributed by atoms with Crippen molar-refractivity contribution in [2.45, 2.75) is 20.3 Å². The number of rotatable bonds is 3. The van der Waals surface area contributed by atoms with Crippen LogP contribution in [0.4, 0.5) is 5.69 Å². The third-order valence-corrected chi connectivity index (χ3v) is 2.93. The van der Waals surface area contributed by atoms with Gasteiger partial charge in [-0.2, -0.15) is 0 Å². The van der Waals surface area contributed by atoms with Gasteiger partial charge in [-0.15, -0.1) is 0 Å². The van der Waals surface area contributed by atoms with Gasteiger partial charge in [0, 0.05) is 4.47 Å². The molecule has 1 rings (SSSR count). The molecule has 1 amide bonds. The highest BCUT2D eigenvalue weighted by atomic mass is 79.9. The van der Waals surface area contributed by atoms with E-state index in [0.29, 0.717) is 5.69 Å². The van der Waals surface area contributed by atoms with Crippen molar-refractivity contribution in [3.63, 3.8) is 0 Å². The molecule has 4 heteroatoms. The first-order chi connectivity index (χ1) is 7.00. The molecule has 0 fully saturated rings. The number of hydrogen-bond donors (Lipinski definition) is 1. The summed E-state index contributed by atoms with van der Waals surface area (Å²) in [7, 11) is 0. The second-order valence-corrected chi connectivity index (χ2v) is 4.16. The van der Waals surface area contributed by atoms with E-state index in [1.54, 1.807) is 6.07 Å². The minimum atomic E-state index is -0.284. The summed E-state index contributed by atoms with van der Waals surface area (Å²) in [5.41, 5.74) is 1.73. The number of amides is 1. The molecule has 0 saturated heterocycles. The van der Waals surface area contributed by atoms with Gasteiger partial charge >= 0.3 is 0 Å². The van der Waals surface area contributed by atoms with Crippen LogP contribution in [0.3, 0.4) is 0 Å². The summed E-state index contributed by atoms with van der Waals surface area (Å²) in [6, 6.07) is 5.57. The smallest absolute Gasteiger partial charge is 0.231 e. The number of nitrogens with one attached hydrogen (secondary N) is 1. The normalized spacial score (nSPS) is 9.80. The van der Waals surface area contributed by atoms with Crippen LogP contribution in [0, 0.1) is 6.92 Å². The van der Waals surface area contributed by atoms with E-state index in [-0.39, 0.29) is 18.1 Å². The molecule has 1 aromatic carbocycles. The molecule has 1 aromatic rings. The second-order valence-electron chi connectivity index (χ2n) is 3.36. The molecule has 0 aliphatic carbocycles. The number of carbonyl (C=O) groups excluding carboxylic acids is 2. The first kappa shape index (κ1) is 11.9. The molecule has 0 aromatic heterocycles. The zero-order valence-electron chi connectivity index (χ0n) is 8.63. The van der Waals surface area contributed by atoms with Crippen LogP contribution in [0.25, 0.3) is 0 Å². The molecule has 0 radical (unpaired) electrons. The molecule has 1 N–H and O–H groups in total. The molecule has 0 atom stereocenters. The summed E-state index contributed by atoms with van der Waals surface area (Å²) in [4.78, 5) is 22.1. The Labute approximate surface area is 97.0 Å². The van der Waals surface area contributed by atoms with Crippen LogP contribution in [-0.2, 0) is 9.59 Å². The van der Waals surface area contributed by atoms with Crippen LogP contribution in [0.15, 0.2) is 22.7 Å². The Morgan fingerprint density at radius 2 is 2.07 bits per heavy atom. The van der Waals surface area contributed by atoms with Crippen molar-refractivity contribution in [1.82, 2.24) is 0 Å². The monoisotopic (exact) mass is 269 g/mol. The first-order valence-corrected chi connectivity index (χ1v) is 5.34. The number of Topliss-reactive ketones (excluding diaryl/α,β-unsaturated/α-hetero) is 1. The third-order valence-electron chi connectivity index (χ3n) is 1.88. The van der Waals surface area contributed by atoms with Crippen molar-refractivity contribution >= 4 is 33.3 Å². The quantitative estimate of drug-likeness (QED) is 0.858. The van der Waals surface area contributed by atoms with E-state index in [2.05, 4.69) is 21.2 Å². The van der Waals surface area contributed by atoms with E-state index in [1.165, 1.54) is 6.92 Å². The molecule has 15 heavy (non-hydrogen) atoms. The average Bonchev–Trinajstić information content (AvgIpc) is 2.11. The van der Waals surface area contributed by atoms with Crippen molar-refractivity contribution < 1.29 is 9.59 Å². The molecular weight excluding hydrogens is 258 g/mol. The van der Waals surface area contributed by atoms with E-state index in [0.717, 1.165) is 10.0 Å². The van der Waals surface area contributed by atoms with Crippen molar-refractivity contribution in [2.75, 3.05) is 5.32 Å². The van der Waals surface area contributed by atoms with E-state index in [4.69, 9.17) is 0 Å². The minimum Gasteiger partial charge on any atom is -0.325 e. The van der Waals surface area contributed by atoms with Gasteiger partial charge in [-0.3, -0.25) is 9.59 Å². The van der Waals surface area contributed by atoms with Gasteiger partial charge in [-0.05, 0) is 41.4 Å². The van der Waals surface area contributed by atoms with Gasteiger partial charge in [0.25, 0.3) is 0 Å². The molecular formula is C11H12BrNO2. The molecule has 3 nitrogen and oxygen atoms in total. The molecule has 0 saturated carbocycles. The van der Waals surface area contributed by atoms with Gasteiger partial charge in [0.1, 0.15) is 5.78 Å². The van der Waals surface area contributed by atoms with Gasteiger partial charge in [-0.25, -0.2) is 0 Å². The van der Waals surface area contributed by atoms with E-state index in [9.17, 15) is 9.59 Å². The lowest BCUT2D eigenvalue weighted by atomic mass is 10.2. The Balaban J connectivity index is 2.77. The van der Waals surface area contributed by atoms with Crippen LogP contribution in [0.5, 0.6) is 0 Å². The summed E-state index contributed by atoms with van der Waals surface area (Å²) in [5, 5.41) is 2.68. The standard InChI is InChI=1S/C11H12BrNO2/c1-7-4-3-5-9(11(7)12)13-10(15)6-8(2)14/h3-5H,6H2,1-2H3,(H,13,15). The van der Waals surface area contributed by atoms with E-state index in [1.807, 2.05) is 19.1 Å². The lowest BCUT2D eigenvalue weighted by Crippen LogP contribution is -2.15. The maximum Gasteiger partial charge on any atom is 0.231 e. The van der Waals surface area contributed by atoms with Crippen LogP contribution in [-0.4, -0.2) is 11.7 Å². The van der Waals surface area contributed by atoms with Crippen LogP contribution in [0.2, 0.25) is 0 Å². The summed E-state index contributed by atoms with van der Waals surface area (Å²) in [6.45, 7) is 3.33. The maximum atomic E-state index is 11.3. The van der Waals surface area contributed by atoms with E-state index < -0.39 is 0 Å². The largest absolute Gasteiger partial charge is 0.325 e. The third kappa shape index (κ3) is 3.47. The molecule has 0 spiro atoms. The summed E-state index contributed by atoms with van der Waals surface area (Å²) in [5.74, 6) is -0.426.